The molecule has 0 amide bonds. The van der Waals surface area contributed by atoms with Crippen LogP contribution in [0.4, 0.5) is 0 Å². The zero-order chi connectivity index (χ0) is 13.0. The van der Waals surface area contributed by atoms with Crippen molar-refractivity contribution in [1.29, 1.82) is 0 Å². The molecule has 4 nitrogen and oxygen atoms in total. The van der Waals surface area contributed by atoms with Crippen molar-refractivity contribution in [3.63, 3.8) is 0 Å². The van der Waals surface area contributed by atoms with Crippen LogP contribution in [0.3, 0.4) is 0 Å². The summed E-state index contributed by atoms with van der Waals surface area (Å²) in [6.45, 7) is 2.78. The first-order valence-electron chi connectivity index (χ1n) is 7.36. The van der Waals surface area contributed by atoms with Crippen LogP contribution < -0.4 is 5.56 Å². The second-order valence-electron chi connectivity index (χ2n) is 6.28. The Labute approximate surface area is 112 Å². The van der Waals surface area contributed by atoms with Crippen molar-refractivity contribution >= 4 is 0 Å². The Balaban J connectivity index is 1.84. The summed E-state index contributed by atoms with van der Waals surface area (Å²) >= 11 is 0. The van der Waals surface area contributed by atoms with Crippen molar-refractivity contribution in [2.24, 2.45) is 5.92 Å². The van der Waals surface area contributed by atoms with Crippen molar-refractivity contribution in [3.05, 3.63) is 34.2 Å². The van der Waals surface area contributed by atoms with Gasteiger partial charge in [0.25, 0.3) is 5.56 Å². The zero-order valence-electron chi connectivity index (χ0n) is 11.0. The number of rotatable bonds is 0. The van der Waals surface area contributed by atoms with Gasteiger partial charge in [0, 0.05) is 36.8 Å². The van der Waals surface area contributed by atoms with Gasteiger partial charge in [-0.3, -0.25) is 9.69 Å². The zero-order valence-corrected chi connectivity index (χ0v) is 11.0. The highest BCUT2D eigenvalue weighted by atomic mass is 16.3. The molecule has 1 aromatic rings. The van der Waals surface area contributed by atoms with Crippen molar-refractivity contribution in [2.45, 2.75) is 43.9 Å². The quantitative estimate of drug-likeness (QED) is 0.750. The van der Waals surface area contributed by atoms with E-state index < -0.39 is 0 Å². The molecular formula is C15H20N2O2. The molecule has 3 aliphatic heterocycles. The Morgan fingerprint density at radius 1 is 1.26 bits per heavy atom. The van der Waals surface area contributed by atoms with Gasteiger partial charge in [0.15, 0.2) is 0 Å². The first-order valence-corrected chi connectivity index (χ1v) is 7.36. The number of pyridine rings is 1. The minimum atomic E-state index is -0.248. The fraction of sp³-hybridized carbons (Fsp3) is 0.667. The summed E-state index contributed by atoms with van der Waals surface area (Å²) in [6, 6.07) is 6.14. The van der Waals surface area contributed by atoms with Gasteiger partial charge in [0.1, 0.15) is 0 Å². The lowest BCUT2D eigenvalue weighted by molar-refractivity contribution is -0.0376. The molecule has 4 heterocycles. The number of hydrogen-bond donors (Lipinski definition) is 1. The maximum Gasteiger partial charge on any atom is 0.250 e. The molecule has 1 aromatic heterocycles. The van der Waals surface area contributed by atoms with Crippen LogP contribution in [-0.2, 0) is 6.54 Å². The number of aliphatic hydroxyl groups is 1. The molecule has 3 aliphatic rings. The first-order chi connectivity index (χ1) is 9.24. The predicted molar refractivity (Wildman–Crippen MR) is 72.2 cm³/mol. The molecule has 4 atom stereocenters. The summed E-state index contributed by atoms with van der Waals surface area (Å²) in [7, 11) is 0. The third-order valence-corrected chi connectivity index (χ3v) is 5.19. The normalized spacial score (nSPS) is 37.5. The monoisotopic (exact) mass is 260 g/mol. The summed E-state index contributed by atoms with van der Waals surface area (Å²) in [6.07, 6.45) is 2.97. The van der Waals surface area contributed by atoms with E-state index >= 15 is 0 Å². The highest BCUT2D eigenvalue weighted by Crippen LogP contribution is 2.43. The minimum absolute atomic E-state index is 0.119. The van der Waals surface area contributed by atoms with E-state index in [1.807, 2.05) is 10.6 Å². The molecular weight excluding hydrogens is 240 g/mol. The van der Waals surface area contributed by atoms with Gasteiger partial charge in [-0.1, -0.05) is 6.07 Å². The first kappa shape index (κ1) is 11.7. The largest absolute Gasteiger partial charge is 0.392 e. The van der Waals surface area contributed by atoms with Crippen LogP contribution in [0.2, 0.25) is 0 Å². The average Bonchev–Trinajstić information content (AvgIpc) is 2.40. The van der Waals surface area contributed by atoms with Crippen LogP contribution in [0.15, 0.2) is 23.0 Å². The Morgan fingerprint density at radius 2 is 2.16 bits per heavy atom. The van der Waals surface area contributed by atoms with Gasteiger partial charge < -0.3 is 9.67 Å². The SMILES string of the molecule is O=c1cccc2n1C[C@@H]1CCCN3C[C@@H](O)C[C@H]2[C@H]13. The summed E-state index contributed by atoms with van der Waals surface area (Å²) in [4.78, 5) is 14.5. The Bertz CT molecular complexity index is 553. The van der Waals surface area contributed by atoms with E-state index in [-0.39, 0.29) is 11.7 Å². The van der Waals surface area contributed by atoms with E-state index in [2.05, 4.69) is 11.0 Å². The van der Waals surface area contributed by atoms with Gasteiger partial charge in [-0.2, -0.15) is 0 Å². The Morgan fingerprint density at radius 3 is 3.05 bits per heavy atom. The van der Waals surface area contributed by atoms with Gasteiger partial charge in [-0.05, 0) is 37.8 Å². The second kappa shape index (κ2) is 4.18. The standard InChI is InChI=1S/C15H20N2O2/c18-11-7-12-13-4-1-5-14(19)17(13)8-10-3-2-6-16(9-11)15(10)12/h1,4-5,10-12,15,18H,2-3,6-9H2/t10-,11-,12+,15-/m0/s1. The summed E-state index contributed by atoms with van der Waals surface area (Å²) in [5.74, 6) is 0.913. The van der Waals surface area contributed by atoms with Crippen LogP contribution in [0, 0.1) is 5.92 Å². The molecule has 1 N–H and O–H groups in total. The molecule has 0 unspecified atom stereocenters. The Kier molecular flexibility index (Phi) is 2.57. The molecule has 4 rings (SSSR count). The van der Waals surface area contributed by atoms with Crippen molar-refractivity contribution in [2.75, 3.05) is 13.1 Å². The highest BCUT2D eigenvalue weighted by molar-refractivity contribution is 5.20. The van der Waals surface area contributed by atoms with Gasteiger partial charge in [-0.25, -0.2) is 0 Å². The smallest absolute Gasteiger partial charge is 0.250 e. The number of hydrogen-bond acceptors (Lipinski definition) is 3. The lowest BCUT2D eigenvalue weighted by atomic mass is 9.72. The lowest BCUT2D eigenvalue weighted by Gasteiger charge is -2.53. The number of fused-ring (bicyclic) bond motifs is 2. The molecule has 0 spiro atoms. The molecule has 0 bridgehead atoms. The fourth-order valence-corrected chi connectivity index (χ4v) is 4.53. The van der Waals surface area contributed by atoms with E-state index in [4.69, 9.17) is 0 Å². The molecule has 0 radical (unpaired) electrons. The highest BCUT2D eigenvalue weighted by Gasteiger charge is 2.46. The predicted octanol–water partition coefficient (Wildman–Crippen LogP) is 0.791. The maximum absolute atomic E-state index is 12.1. The summed E-state index contributed by atoms with van der Waals surface area (Å²) in [5.41, 5.74) is 1.26. The lowest BCUT2D eigenvalue weighted by Crippen LogP contribution is -2.59. The van der Waals surface area contributed by atoms with E-state index in [9.17, 15) is 9.90 Å². The average molecular weight is 260 g/mol. The van der Waals surface area contributed by atoms with E-state index in [1.54, 1.807) is 6.07 Å². The van der Waals surface area contributed by atoms with Crippen LogP contribution in [0.25, 0.3) is 0 Å². The Hall–Kier alpha value is -1.13. The van der Waals surface area contributed by atoms with E-state index in [0.29, 0.717) is 17.9 Å². The van der Waals surface area contributed by atoms with Crippen molar-refractivity contribution in [3.8, 4) is 0 Å². The van der Waals surface area contributed by atoms with Gasteiger partial charge in [0.2, 0.25) is 0 Å². The fourth-order valence-electron chi connectivity index (χ4n) is 4.53. The summed E-state index contributed by atoms with van der Waals surface area (Å²) in [5, 5.41) is 10.1. The van der Waals surface area contributed by atoms with Crippen molar-refractivity contribution < 1.29 is 5.11 Å². The number of aromatic nitrogens is 1. The van der Waals surface area contributed by atoms with E-state index in [0.717, 1.165) is 31.7 Å². The van der Waals surface area contributed by atoms with Crippen molar-refractivity contribution in [1.82, 2.24) is 9.47 Å². The molecule has 0 aliphatic carbocycles. The molecule has 19 heavy (non-hydrogen) atoms. The molecule has 0 saturated carbocycles. The molecule has 2 fully saturated rings. The van der Waals surface area contributed by atoms with E-state index in [1.165, 1.54) is 12.8 Å². The number of aliphatic hydroxyl groups excluding tert-OH is 1. The topological polar surface area (TPSA) is 45.5 Å². The van der Waals surface area contributed by atoms with Crippen LogP contribution in [0.5, 0.6) is 0 Å². The molecule has 2 saturated heterocycles. The molecule has 4 heteroatoms. The molecule has 102 valence electrons. The third kappa shape index (κ3) is 1.70. The van der Waals surface area contributed by atoms with Crippen LogP contribution in [0.1, 0.15) is 30.9 Å². The minimum Gasteiger partial charge on any atom is -0.392 e. The van der Waals surface area contributed by atoms with Crippen LogP contribution in [-0.4, -0.2) is 39.8 Å². The van der Waals surface area contributed by atoms with Gasteiger partial charge in [0.05, 0.1) is 6.10 Å². The van der Waals surface area contributed by atoms with Gasteiger partial charge >= 0.3 is 0 Å². The maximum atomic E-state index is 12.1. The summed E-state index contributed by atoms with van der Waals surface area (Å²) < 4.78 is 1.95. The third-order valence-electron chi connectivity index (χ3n) is 5.19. The molecule has 0 aromatic carbocycles. The van der Waals surface area contributed by atoms with Gasteiger partial charge in [-0.15, -0.1) is 0 Å². The number of piperidine rings is 2. The number of nitrogens with zero attached hydrogens (tertiary/aromatic N) is 2. The van der Waals surface area contributed by atoms with Crippen LogP contribution >= 0.6 is 0 Å². The second-order valence-corrected chi connectivity index (χ2v) is 6.28.